The number of aliphatic hydroxyl groups excluding tert-OH is 1. The molecule has 2 amide bonds. The molecule has 236 valence electrons. The van der Waals surface area contributed by atoms with Crippen LogP contribution in [0.2, 0.25) is 0 Å². The van der Waals surface area contributed by atoms with Crippen molar-refractivity contribution < 1.29 is 38.6 Å². The Bertz CT molecular complexity index is 1260. The third-order valence-electron chi connectivity index (χ3n) is 7.61. The average Bonchev–Trinajstić information content (AvgIpc) is 3.42. The molecule has 1 saturated heterocycles. The largest absolute Gasteiger partial charge is 0.453 e. The van der Waals surface area contributed by atoms with Crippen molar-refractivity contribution >= 4 is 29.5 Å². The molecule has 0 aromatic heterocycles. The molecular formula is C35H43NO8. The molecule has 0 bridgehead atoms. The maximum atomic E-state index is 14.1. The quantitative estimate of drug-likeness (QED) is 0.123. The van der Waals surface area contributed by atoms with E-state index in [9.17, 15) is 24.0 Å². The van der Waals surface area contributed by atoms with Crippen molar-refractivity contribution in [3.8, 4) is 0 Å². The normalized spacial score (nSPS) is 16.0. The molecule has 2 aromatic carbocycles. The Morgan fingerprint density at radius 2 is 1.48 bits per heavy atom. The highest BCUT2D eigenvalue weighted by Crippen LogP contribution is 2.31. The molecule has 2 aromatic rings. The number of esters is 1. The first kappa shape index (κ1) is 34.4. The van der Waals surface area contributed by atoms with Crippen LogP contribution >= 0.6 is 0 Å². The molecule has 44 heavy (non-hydrogen) atoms. The highest BCUT2D eigenvalue weighted by atomic mass is 16.6. The Balaban J connectivity index is 1.73. The molecule has 0 saturated carbocycles. The summed E-state index contributed by atoms with van der Waals surface area (Å²) in [5.41, 5.74) is 1.39. The fraction of sp³-hybridized carbons (Fsp3) is 0.457. The second-order valence-electron chi connectivity index (χ2n) is 11.0. The van der Waals surface area contributed by atoms with Gasteiger partial charge in [-0.3, -0.25) is 19.2 Å². The standard InChI is InChI=1S/C35H43NO8/c1-26(38)44-33(32(40)22-21-29(39)20-14-6-4-2-3-5-7-15-23-37)30(24-27-16-10-8-11-17-27)34(41)36-31(25-43-35(36)42)28-18-12-9-13-19-28/h8-13,16-19,21-22,30-31,33,37H,2-7,14-15,20,23-25H2,1H3. The molecule has 1 aliphatic heterocycles. The van der Waals surface area contributed by atoms with Crippen molar-refractivity contribution in [2.24, 2.45) is 5.92 Å². The number of carbonyl (C=O) groups excluding carboxylic acids is 5. The fourth-order valence-electron chi connectivity index (χ4n) is 5.30. The molecule has 1 N–H and O–H groups in total. The maximum Gasteiger partial charge on any atom is 0.417 e. The number of hydrogen-bond acceptors (Lipinski definition) is 8. The number of rotatable bonds is 19. The van der Waals surface area contributed by atoms with Crippen LogP contribution in [0, 0.1) is 5.92 Å². The van der Waals surface area contributed by atoms with Gasteiger partial charge in [0.1, 0.15) is 12.6 Å². The minimum atomic E-state index is -1.56. The minimum absolute atomic E-state index is 0.0104. The molecule has 1 heterocycles. The van der Waals surface area contributed by atoms with Crippen molar-refractivity contribution in [3.05, 3.63) is 83.9 Å². The van der Waals surface area contributed by atoms with E-state index in [1.165, 1.54) is 6.08 Å². The Hall–Kier alpha value is -4.11. The predicted octanol–water partition coefficient (Wildman–Crippen LogP) is 5.69. The summed E-state index contributed by atoms with van der Waals surface area (Å²) in [6, 6.07) is 17.2. The van der Waals surface area contributed by atoms with E-state index in [4.69, 9.17) is 14.6 Å². The molecule has 3 atom stereocenters. The first-order valence-corrected chi connectivity index (χ1v) is 15.4. The highest BCUT2D eigenvalue weighted by Gasteiger charge is 2.46. The first-order valence-electron chi connectivity index (χ1n) is 15.4. The topological polar surface area (TPSA) is 127 Å². The van der Waals surface area contributed by atoms with Gasteiger partial charge in [-0.05, 0) is 42.5 Å². The van der Waals surface area contributed by atoms with Crippen LogP contribution in [-0.2, 0) is 35.1 Å². The van der Waals surface area contributed by atoms with Crippen LogP contribution in [0.3, 0.4) is 0 Å². The van der Waals surface area contributed by atoms with Gasteiger partial charge in [0.2, 0.25) is 5.91 Å². The number of aliphatic hydroxyl groups is 1. The van der Waals surface area contributed by atoms with Crippen LogP contribution in [0.4, 0.5) is 4.79 Å². The summed E-state index contributed by atoms with van der Waals surface area (Å²) in [4.78, 5) is 66.1. The lowest BCUT2D eigenvalue weighted by molar-refractivity contribution is -0.158. The van der Waals surface area contributed by atoms with Crippen LogP contribution in [0.15, 0.2) is 72.8 Å². The summed E-state index contributed by atoms with van der Waals surface area (Å²) < 4.78 is 10.7. The number of imide groups is 1. The van der Waals surface area contributed by atoms with Crippen LogP contribution in [0.5, 0.6) is 0 Å². The second kappa shape index (κ2) is 18.5. The summed E-state index contributed by atoms with van der Waals surface area (Å²) in [6.45, 7) is 1.32. The molecule has 9 nitrogen and oxygen atoms in total. The number of ketones is 2. The van der Waals surface area contributed by atoms with Gasteiger partial charge in [-0.2, -0.15) is 0 Å². The van der Waals surface area contributed by atoms with Crippen LogP contribution in [0.25, 0.3) is 0 Å². The minimum Gasteiger partial charge on any atom is -0.453 e. The van der Waals surface area contributed by atoms with Gasteiger partial charge in [0.05, 0.1) is 5.92 Å². The molecule has 1 fully saturated rings. The van der Waals surface area contributed by atoms with E-state index < -0.39 is 41.8 Å². The molecule has 0 radical (unpaired) electrons. The van der Waals surface area contributed by atoms with Crippen LogP contribution in [-0.4, -0.2) is 58.9 Å². The number of amides is 2. The Kier molecular flexibility index (Phi) is 14.5. The van der Waals surface area contributed by atoms with Crippen molar-refractivity contribution in [3.63, 3.8) is 0 Å². The van der Waals surface area contributed by atoms with Gasteiger partial charge in [-0.15, -0.1) is 0 Å². The van der Waals surface area contributed by atoms with E-state index >= 15 is 0 Å². The SMILES string of the molecule is CC(=O)OC(C(=O)C=CC(=O)CCCCCCCCCCO)C(Cc1ccccc1)C(=O)N1C(=O)OCC1c1ccccc1. The van der Waals surface area contributed by atoms with Crippen molar-refractivity contribution in [2.45, 2.75) is 83.3 Å². The fourth-order valence-corrected chi connectivity index (χ4v) is 5.30. The molecule has 0 spiro atoms. The van der Waals surface area contributed by atoms with E-state index in [1.54, 1.807) is 48.5 Å². The van der Waals surface area contributed by atoms with Gasteiger partial charge in [0, 0.05) is 20.0 Å². The third-order valence-corrected chi connectivity index (χ3v) is 7.61. The zero-order valence-electron chi connectivity index (χ0n) is 25.4. The summed E-state index contributed by atoms with van der Waals surface area (Å²) in [5, 5.41) is 8.84. The maximum absolute atomic E-state index is 14.1. The van der Waals surface area contributed by atoms with E-state index in [-0.39, 0.29) is 31.8 Å². The lowest BCUT2D eigenvalue weighted by atomic mass is 9.89. The monoisotopic (exact) mass is 605 g/mol. The van der Waals surface area contributed by atoms with E-state index in [0.717, 1.165) is 62.8 Å². The smallest absolute Gasteiger partial charge is 0.417 e. The third kappa shape index (κ3) is 10.9. The number of cyclic esters (lactones) is 1. The average molecular weight is 606 g/mol. The summed E-state index contributed by atoms with van der Waals surface area (Å²) >= 11 is 0. The number of unbranched alkanes of at least 4 members (excludes halogenated alkanes) is 7. The van der Waals surface area contributed by atoms with E-state index in [1.807, 2.05) is 12.1 Å². The summed E-state index contributed by atoms with van der Waals surface area (Å²) in [7, 11) is 0. The lowest BCUT2D eigenvalue weighted by Crippen LogP contribution is -2.47. The van der Waals surface area contributed by atoms with Crippen LogP contribution < -0.4 is 0 Å². The van der Waals surface area contributed by atoms with Crippen LogP contribution in [0.1, 0.15) is 81.9 Å². The Labute approximate surface area is 259 Å². The second-order valence-corrected chi connectivity index (χ2v) is 11.0. The van der Waals surface area contributed by atoms with Gasteiger partial charge in [-0.1, -0.05) is 99.2 Å². The van der Waals surface area contributed by atoms with E-state index in [0.29, 0.717) is 17.5 Å². The molecular weight excluding hydrogens is 562 g/mol. The first-order chi connectivity index (χ1) is 21.3. The number of carbonyl (C=O) groups is 5. The predicted molar refractivity (Wildman–Crippen MR) is 164 cm³/mol. The molecule has 3 unspecified atom stereocenters. The van der Waals surface area contributed by atoms with Gasteiger partial charge in [0.15, 0.2) is 17.7 Å². The number of nitrogens with zero attached hydrogens (tertiary/aromatic N) is 1. The number of benzene rings is 2. The highest BCUT2D eigenvalue weighted by molar-refractivity contribution is 6.04. The Morgan fingerprint density at radius 1 is 0.886 bits per heavy atom. The van der Waals surface area contributed by atoms with Gasteiger partial charge >= 0.3 is 12.1 Å². The molecule has 3 rings (SSSR count). The zero-order valence-corrected chi connectivity index (χ0v) is 25.4. The van der Waals surface area contributed by atoms with Crippen molar-refractivity contribution in [1.29, 1.82) is 0 Å². The molecule has 1 aliphatic rings. The summed E-state index contributed by atoms with van der Waals surface area (Å²) in [6.07, 6.45) is 7.85. The van der Waals surface area contributed by atoms with Gasteiger partial charge in [0.25, 0.3) is 0 Å². The van der Waals surface area contributed by atoms with Crippen molar-refractivity contribution in [1.82, 2.24) is 4.90 Å². The van der Waals surface area contributed by atoms with Gasteiger partial charge in [-0.25, -0.2) is 9.69 Å². The lowest BCUT2D eigenvalue weighted by Gasteiger charge is -2.29. The zero-order chi connectivity index (χ0) is 31.7. The van der Waals surface area contributed by atoms with E-state index in [2.05, 4.69) is 0 Å². The number of ether oxygens (including phenoxy) is 2. The summed E-state index contributed by atoms with van der Waals surface area (Å²) in [5.74, 6) is -3.67. The molecule has 0 aliphatic carbocycles. The number of hydrogen-bond donors (Lipinski definition) is 1. The number of allylic oxidation sites excluding steroid dienone is 1. The van der Waals surface area contributed by atoms with Gasteiger partial charge < -0.3 is 14.6 Å². The van der Waals surface area contributed by atoms with Crippen molar-refractivity contribution in [2.75, 3.05) is 13.2 Å². The Morgan fingerprint density at radius 3 is 2.09 bits per heavy atom. The molecule has 9 heteroatoms.